The largest absolute Gasteiger partial charge is 0.480 e. The van der Waals surface area contributed by atoms with Crippen molar-refractivity contribution in [2.45, 2.75) is 32.2 Å². The minimum Gasteiger partial charge on any atom is -0.480 e. The Morgan fingerprint density at radius 2 is 2.20 bits per heavy atom. The molecule has 1 heterocycles. The first kappa shape index (κ1) is 12.0. The zero-order valence-electron chi connectivity index (χ0n) is 8.98. The van der Waals surface area contributed by atoms with Crippen molar-refractivity contribution in [3.05, 3.63) is 0 Å². The van der Waals surface area contributed by atoms with Crippen LogP contribution in [0.2, 0.25) is 0 Å². The Morgan fingerprint density at radius 1 is 1.53 bits per heavy atom. The Hall–Kier alpha value is -1.10. The summed E-state index contributed by atoms with van der Waals surface area (Å²) in [7, 11) is 0. The Morgan fingerprint density at radius 3 is 2.73 bits per heavy atom. The lowest BCUT2D eigenvalue weighted by Gasteiger charge is -2.36. The third kappa shape index (κ3) is 3.20. The molecule has 0 aromatic rings. The van der Waals surface area contributed by atoms with Crippen LogP contribution in [0.1, 0.15) is 26.2 Å². The molecule has 1 aliphatic heterocycles. The quantitative estimate of drug-likeness (QED) is 0.692. The summed E-state index contributed by atoms with van der Waals surface area (Å²) in [5, 5.41) is 9.09. The number of nitrogens with two attached hydrogens (primary N) is 1. The van der Waals surface area contributed by atoms with Gasteiger partial charge in [0, 0.05) is 13.0 Å². The van der Waals surface area contributed by atoms with Crippen molar-refractivity contribution in [1.29, 1.82) is 0 Å². The van der Waals surface area contributed by atoms with Gasteiger partial charge in [0.1, 0.15) is 6.04 Å². The zero-order chi connectivity index (χ0) is 11.4. The molecule has 1 aliphatic rings. The van der Waals surface area contributed by atoms with E-state index in [0.717, 1.165) is 19.4 Å². The summed E-state index contributed by atoms with van der Waals surface area (Å²) in [5.74, 6) is -1.03. The molecule has 5 nitrogen and oxygen atoms in total. The fraction of sp³-hybridized carbons (Fsp3) is 0.800. The fourth-order valence-electron chi connectivity index (χ4n) is 2.18. The number of aliphatic carboxylic acids is 1. The highest BCUT2D eigenvalue weighted by molar-refractivity contribution is 5.75. The van der Waals surface area contributed by atoms with E-state index in [1.54, 1.807) is 0 Å². The van der Waals surface area contributed by atoms with Crippen LogP contribution in [-0.4, -0.2) is 41.0 Å². The highest BCUT2D eigenvalue weighted by atomic mass is 16.4. The number of carbonyl (C=O) groups excluding carboxylic acids is 1. The monoisotopic (exact) mass is 214 g/mol. The molecule has 1 fully saturated rings. The summed E-state index contributed by atoms with van der Waals surface area (Å²) in [6, 6.07) is -0.460. The number of carbonyl (C=O) groups is 2. The number of nitrogens with zero attached hydrogens (tertiary/aromatic N) is 1. The van der Waals surface area contributed by atoms with E-state index in [1.165, 1.54) is 0 Å². The lowest BCUT2D eigenvalue weighted by molar-refractivity contribution is -0.147. The van der Waals surface area contributed by atoms with Crippen molar-refractivity contribution in [3.63, 3.8) is 0 Å². The Kier molecular flexibility index (Phi) is 4.08. The van der Waals surface area contributed by atoms with E-state index in [0.29, 0.717) is 6.54 Å². The number of carboxylic acid groups (broad SMARTS) is 1. The normalized spacial score (nSPS) is 27.5. The lowest BCUT2D eigenvalue weighted by atomic mass is 9.90. The predicted octanol–water partition coefficient (Wildman–Crippen LogP) is 0.0469. The first-order valence-electron chi connectivity index (χ1n) is 5.27. The topological polar surface area (TPSA) is 83.6 Å². The van der Waals surface area contributed by atoms with Gasteiger partial charge >= 0.3 is 5.97 Å². The smallest absolute Gasteiger partial charge is 0.321 e. The van der Waals surface area contributed by atoms with Crippen LogP contribution in [-0.2, 0) is 9.59 Å². The predicted molar refractivity (Wildman–Crippen MR) is 55.2 cm³/mol. The third-order valence-corrected chi connectivity index (χ3v) is 2.94. The molecule has 0 aromatic carbocycles. The van der Waals surface area contributed by atoms with E-state index in [1.807, 2.05) is 11.8 Å². The minimum absolute atomic E-state index is 0.143. The van der Waals surface area contributed by atoms with Gasteiger partial charge in [-0.25, -0.2) is 0 Å². The summed E-state index contributed by atoms with van der Waals surface area (Å²) in [5.41, 5.74) is 5.05. The van der Waals surface area contributed by atoms with E-state index < -0.39 is 12.0 Å². The van der Waals surface area contributed by atoms with Gasteiger partial charge in [-0.1, -0.05) is 6.92 Å². The first-order valence-corrected chi connectivity index (χ1v) is 5.27. The van der Waals surface area contributed by atoms with Crippen molar-refractivity contribution < 1.29 is 14.7 Å². The van der Waals surface area contributed by atoms with Gasteiger partial charge in [0.25, 0.3) is 0 Å². The van der Waals surface area contributed by atoms with Crippen molar-refractivity contribution in [2.75, 3.05) is 13.1 Å². The Bertz CT molecular complexity index is 255. The molecule has 2 atom stereocenters. The lowest BCUT2D eigenvalue weighted by Crippen LogP contribution is -2.49. The van der Waals surface area contributed by atoms with Gasteiger partial charge in [0.2, 0.25) is 5.91 Å². The van der Waals surface area contributed by atoms with Crippen molar-refractivity contribution in [2.24, 2.45) is 11.7 Å². The number of amides is 1. The molecule has 0 aromatic heterocycles. The molecule has 0 bridgehead atoms. The average Bonchev–Trinajstić information content (AvgIpc) is 2.13. The van der Waals surface area contributed by atoms with Crippen LogP contribution in [0.3, 0.4) is 0 Å². The molecule has 1 rings (SSSR count). The maximum Gasteiger partial charge on any atom is 0.321 e. The molecule has 5 heteroatoms. The number of piperidine rings is 1. The molecule has 0 radical (unpaired) electrons. The van der Waals surface area contributed by atoms with Crippen LogP contribution in [0.25, 0.3) is 0 Å². The molecular formula is C10H18N2O3. The summed E-state index contributed by atoms with van der Waals surface area (Å²) in [6.45, 7) is 3.14. The molecule has 0 spiro atoms. The first-order chi connectivity index (χ1) is 7.02. The van der Waals surface area contributed by atoms with Gasteiger partial charge in [-0.3, -0.25) is 14.5 Å². The second-order valence-electron chi connectivity index (χ2n) is 4.15. The SMILES string of the molecule is CC1CCCN(CCC(N)=O)C1C(=O)O. The van der Waals surface area contributed by atoms with Crippen LogP contribution < -0.4 is 5.73 Å². The summed E-state index contributed by atoms with van der Waals surface area (Å²) in [6.07, 6.45) is 2.16. The van der Waals surface area contributed by atoms with Crippen LogP contribution in [0.15, 0.2) is 0 Å². The average molecular weight is 214 g/mol. The number of likely N-dealkylation sites (tertiary alicyclic amines) is 1. The molecule has 3 N–H and O–H groups in total. The standard InChI is InChI=1S/C10H18N2O3/c1-7-3-2-5-12(6-4-8(11)13)9(7)10(14)15/h7,9H,2-6H2,1H3,(H2,11,13)(H,14,15). The van der Waals surface area contributed by atoms with Crippen molar-refractivity contribution in [3.8, 4) is 0 Å². The van der Waals surface area contributed by atoms with Gasteiger partial charge < -0.3 is 10.8 Å². The Balaban J connectivity index is 2.58. The highest BCUT2D eigenvalue weighted by Crippen LogP contribution is 2.23. The molecule has 86 valence electrons. The molecule has 0 saturated carbocycles. The van der Waals surface area contributed by atoms with E-state index in [2.05, 4.69) is 0 Å². The van der Waals surface area contributed by atoms with Crippen LogP contribution in [0.5, 0.6) is 0 Å². The van der Waals surface area contributed by atoms with Crippen LogP contribution in [0.4, 0.5) is 0 Å². The number of primary amides is 1. The summed E-state index contributed by atoms with van der Waals surface area (Å²) >= 11 is 0. The van der Waals surface area contributed by atoms with Crippen molar-refractivity contribution >= 4 is 11.9 Å². The summed E-state index contributed by atoms with van der Waals surface area (Å²) < 4.78 is 0. The van der Waals surface area contributed by atoms with Gasteiger partial charge in [-0.05, 0) is 25.3 Å². The molecule has 1 amide bonds. The van der Waals surface area contributed by atoms with Crippen LogP contribution in [0, 0.1) is 5.92 Å². The molecule has 15 heavy (non-hydrogen) atoms. The number of rotatable bonds is 4. The van der Waals surface area contributed by atoms with E-state index >= 15 is 0 Å². The zero-order valence-corrected chi connectivity index (χ0v) is 8.98. The van der Waals surface area contributed by atoms with Gasteiger partial charge in [-0.2, -0.15) is 0 Å². The van der Waals surface area contributed by atoms with Crippen LogP contribution >= 0.6 is 0 Å². The van der Waals surface area contributed by atoms with Crippen molar-refractivity contribution in [1.82, 2.24) is 4.90 Å². The molecule has 2 unspecified atom stereocenters. The highest BCUT2D eigenvalue weighted by Gasteiger charge is 2.33. The fourth-order valence-corrected chi connectivity index (χ4v) is 2.18. The maximum absolute atomic E-state index is 11.1. The van der Waals surface area contributed by atoms with E-state index in [9.17, 15) is 9.59 Å². The number of carboxylic acids is 1. The Labute approximate surface area is 89.2 Å². The minimum atomic E-state index is -0.799. The second kappa shape index (κ2) is 5.11. The summed E-state index contributed by atoms with van der Waals surface area (Å²) in [4.78, 5) is 23.6. The van der Waals surface area contributed by atoms with Gasteiger partial charge in [0.15, 0.2) is 0 Å². The number of hydrogen-bond donors (Lipinski definition) is 2. The second-order valence-corrected chi connectivity index (χ2v) is 4.15. The number of hydrogen-bond acceptors (Lipinski definition) is 3. The van der Waals surface area contributed by atoms with Gasteiger partial charge in [-0.15, -0.1) is 0 Å². The van der Waals surface area contributed by atoms with E-state index in [-0.39, 0.29) is 18.2 Å². The van der Waals surface area contributed by atoms with Gasteiger partial charge in [0.05, 0.1) is 0 Å². The third-order valence-electron chi connectivity index (χ3n) is 2.94. The molecule has 0 aliphatic carbocycles. The van der Waals surface area contributed by atoms with E-state index in [4.69, 9.17) is 10.8 Å². The molecule has 1 saturated heterocycles. The maximum atomic E-state index is 11.1. The molecular weight excluding hydrogens is 196 g/mol.